The quantitative estimate of drug-likeness (QED) is 0.589. The Kier molecular flexibility index (Phi) is 4.44. The summed E-state index contributed by atoms with van der Waals surface area (Å²) in [5.74, 6) is 0.826. The van der Waals surface area contributed by atoms with Gasteiger partial charge in [-0.05, 0) is 54.4 Å². The van der Waals surface area contributed by atoms with Gasteiger partial charge in [-0.1, -0.05) is 12.1 Å². The van der Waals surface area contributed by atoms with Gasteiger partial charge in [0.05, 0.1) is 28.6 Å². The summed E-state index contributed by atoms with van der Waals surface area (Å²) in [6.07, 6.45) is 2.68. The lowest BCUT2D eigenvalue weighted by Gasteiger charge is -2.08. The molecule has 1 atom stereocenters. The molecule has 0 aliphatic rings. The summed E-state index contributed by atoms with van der Waals surface area (Å²) in [6, 6.07) is 17.7. The molecule has 0 saturated carbocycles. The van der Waals surface area contributed by atoms with E-state index in [2.05, 4.69) is 21.7 Å². The summed E-state index contributed by atoms with van der Waals surface area (Å²) in [6.45, 7) is 0.823. The number of methoxy groups -OCH3 is 1. The van der Waals surface area contributed by atoms with Gasteiger partial charge in [0.15, 0.2) is 0 Å². The van der Waals surface area contributed by atoms with Crippen molar-refractivity contribution in [2.45, 2.75) is 17.9 Å². The maximum atomic E-state index is 11.3. The van der Waals surface area contributed by atoms with Crippen LogP contribution >= 0.6 is 0 Å². The summed E-state index contributed by atoms with van der Waals surface area (Å²) in [5.41, 5.74) is 4.40. The van der Waals surface area contributed by atoms with E-state index < -0.39 is 11.0 Å². The van der Waals surface area contributed by atoms with E-state index >= 15 is 0 Å². The fraction of sp³-hybridized carbons (Fsp3) is 0.150. The highest BCUT2D eigenvalue weighted by atomic mass is 32.2. The molecule has 132 valence electrons. The van der Waals surface area contributed by atoms with Crippen LogP contribution in [0.5, 0.6) is 5.75 Å². The van der Waals surface area contributed by atoms with Crippen molar-refractivity contribution >= 4 is 32.9 Å². The molecule has 2 N–H and O–H groups in total. The second-order valence-electron chi connectivity index (χ2n) is 6.10. The Labute approximate surface area is 154 Å². The number of aryl methyl sites for hydroxylation is 2. The zero-order valence-electron chi connectivity index (χ0n) is 14.4. The van der Waals surface area contributed by atoms with E-state index in [-0.39, 0.29) is 0 Å². The Bertz CT molecular complexity index is 1100. The van der Waals surface area contributed by atoms with Crippen molar-refractivity contribution in [2.75, 3.05) is 7.11 Å². The Morgan fingerprint density at radius 1 is 1.12 bits per heavy atom. The van der Waals surface area contributed by atoms with Gasteiger partial charge in [0, 0.05) is 18.1 Å². The molecular formula is C20H19N3O2S. The average molecular weight is 365 g/mol. The zero-order valence-corrected chi connectivity index (χ0v) is 15.2. The number of fused-ring (bicyclic) bond motifs is 3. The molecule has 0 saturated heterocycles. The molecular weight excluding hydrogens is 346 g/mol. The molecule has 0 spiro atoms. The van der Waals surface area contributed by atoms with Crippen LogP contribution < -0.4 is 9.88 Å². The summed E-state index contributed by atoms with van der Waals surface area (Å²) >= 11 is 0. The van der Waals surface area contributed by atoms with Gasteiger partial charge < -0.3 is 9.30 Å². The molecule has 4 rings (SSSR count). The van der Waals surface area contributed by atoms with Crippen LogP contribution in [0.2, 0.25) is 0 Å². The number of rotatable bonds is 5. The van der Waals surface area contributed by atoms with Crippen molar-refractivity contribution < 1.29 is 8.95 Å². The number of hydrogen-bond donors (Lipinski definition) is 1. The first-order valence-corrected chi connectivity index (χ1v) is 9.55. The van der Waals surface area contributed by atoms with Gasteiger partial charge in [0.2, 0.25) is 0 Å². The molecule has 2 heterocycles. The summed E-state index contributed by atoms with van der Waals surface area (Å²) < 4.78 is 19.0. The highest BCUT2D eigenvalue weighted by Gasteiger charge is 2.12. The highest BCUT2D eigenvalue weighted by Crippen LogP contribution is 2.30. The van der Waals surface area contributed by atoms with E-state index in [1.54, 1.807) is 7.11 Å². The maximum absolute atomic E-state index is 11.3. The number of hydrogen-bond acceptors (Lipinski definition) is 3. The highest BCUT2D eigenvalue weighted by molar-refractivity contribution is 7.82. The van der Waals surface area contributed by atoms with Crippen molar-refractivity contribution in [3.8, 4) is 5.75 Å². The van der Waals surface area contributed by atoms with E-state index in [0.29, 0.717) is 4.90 Å². The number of nitrogens with two attached hydrogens (primary N) is 1. The fourth-order valence-electron chi connectivity index (χ4n) is 3.29. The summed E-state index contributed by atoms with van der Waals surface area (Å²) in [7, 11) is 0.236. The van der Waals surface area contributed by atoms with Crippen LogP contribution in [0, 0.1) is 0 Å². The standard InChI is InChI=1S/C20H19N3O2S/c1-25-15-6-9-18-17(13-15)20-19(3-2-11-22-20)23(18)12-10-14-4-7-16(8-5-14)26(21)24/h2-9,11,13H,10,12,21H2,1H3. The van der Waals surface area contributed by atoms with Gasteiger partial charge in [-0.15, -0.1) is 0 Å². The first-order valence-electron chi connectivity index (χ1n) is 8.33. The van der Waals surface area contributed by atoms with Crippen LogP contribution in [0.1, 0.15) is 5.56 Å². The van der Waals surface area contributed by atoms with E-state index in [1.807, 2.05) is 48.7 Å². The van der Waals surface area contributed by atoms with E-state index in [0.717, 1.165) is 40.7 Å². The monoisotopic (exact) mass is 365 g/mol. The van der Waals surface area contributed by atoms with Crippen molar-refractivity contribution in [1.29, 1.82) is 0 Å². The minimum atomic E-state index is -1.44. The van der Waals surface area contributed by atoms with Gasteiger partial charge in [-0.3, -0.25) is 4.98 Å². The number of nitrogens with zero attached hydrogens (tertiary/aromatic N) is 2. The Morgan fingerprint density at radius 2 is 1.92 bits per heavy atom. The van der Waals surface area contributed by atoms with Gasteiger partial charge in [-0.2, -0.15) is 0 Å². The number of benzene rings is 2. The third-order valence-corrected chi connectivity index (χ3v) is 5.34. The predicted molar refractivity (Wildman–Crippen MR) is 105 cm³/mol. The van der Waals surface area contributed by atoms with Crippen molar-refractivity contribution in [3.05, 3.63) is 66.4 Å². The Balaban J connectivity index is 1.72. The van der Waals surface area contributed by atoms with Crippen LogP contribution in [0.25, 0.3) is 21.9 Å². The number of pyridine rings is 1. The SMILES string of the molecule is COc1ccc2c(c1)c1ncccc1n2CCc1ccc(S(N)=O)cc1. The molecule has 2 aromatic carbocycles. The van der Waals surface area contributed by atoms with Crippen molar-refractivity contribution in [3.63, 3.8) is 0 Å². The zero-order chi connectivity index (χ0) is 18.1. The third kappa shape index (κ3) is 2.98. The molecule has 1 unspecified atom stereocenters. The van der Waals surface area contributed by atoms with E-state index in [9.17, 15) is 4.21 Å². The molecule has 26 heavy (non-hydrogen) atoms. The molecule has 0 fully saturated rings. The molecule has 0 aliphatic heterocycles. The lowest BCUT2D eigenvalue weighted by Crippen LogP contribution is -2.04. The normalized spacial score (nSPS) is 12.5. The molecule has 0 bridgehead atoms. The second-order valence-corrected chi connectivity index (χ2v) is 7.16. The molecule has 0 amide bonds. The van der Waals surface area contributed by atoms with Crippen LogP contribution in [-0.4, -0.2) is 20.9 Å². The topological polar surface area (TPSA) is 70.1 Å². The summed E-state index contributed by atoms with van der Waals surface area (Å²) in [4.78, 5) is 5.21. The first kappa shape index (κ1) is 16.8. The van der Waals surface area contributed by atoms with Crippen LogP contribution in [-0.2, 0) is 24.0 Å². The minimum Gasteiger partial charge on any atom is -0.497 e. The fourth-order valence-corrected chi connectivity index (χ4v) is 3.70. The average Bonchev–Trinajstić information content (AvgIpc) is 2.99. The van der Waals surface area contributed by atoms with Crippen LogP contribution in [0.4, 0.5) is 0 Å². The molecule has 6 heteroatoms. The molecule has 2 aromatic heterocycles. The summed E-state index contributed by atoms with van der Waals surface area (Å²) in [5, 5.41) is 6.51. The number of aromatic nitrogens is 2. The van der Waals surface area contributed by atoms with Crippen molar-refractivity contribution in [1.82, 2.24) is 9.55 Å². The van der Waals surface area contributed by atoms with Gasteiger partial charge in [-0.25, -0.2) is 9.35 Å². The van der Waals surface area contributed by atoms with Crippen LogP contribution in [0.15, 0.2) is 65.7 Å². The van der Waals surface area contributed by atoms with Gasteiger partial charge in [0.25, 0.3) is 0 Å². The number of ether oxygens (including phenoxy) is 1. The maximum Gasteiger partial charge on any atom is 0.122 e. The van der Waals surface area contributed by atoms with E-state index in [1.165, 1.54) is 5.56 Å². The minimum absolute atomic E-state index is 0.641. The molecule has 0 aliphatic carbocycles. The second kappa shape index (κ2) is 6.90. The smallest absolute Gasteiger partial charge is 0.122 e. The van der Waals surface area contributed by atoms with E-state index in [4.69, 9.17) is 9.88 Å². The van der Waals surface area contributed by atoms with Crippen molar-refractivity contribution in [2.24, 2.45) is 5.14 Å². The molecule has 0 radical (unpaired) electrons. The van der Waals surface area contributed by atoms with Gasteiger partial charge in [0.1, 0.15) is 16.7 Å². The third-order valence-electron chi connectivity index (χ3n) is 4.61. The lowest BCUT2D eigenvalue weighted by atomic mass is 10.1. The lowest BCUT2D eigenvalue weighted by molar-refractivity contribution is 0.415. The van der Waals surface area contributed by atoms with Gasteiger partial charge >= 0.3 is 0 Å². The first-order chi connectivity index (χ1) is 12.7. The predicted octanol–water partition coefficient (Wildman–Crippen LogP) is 3.42. The largest absolute Gasteiger partial charge is 0.497 e. The Morgan fingerprint density at radius 3 is 2.65 bits per heavy atom. The molecule has 4 aromatic rings. The van der Waals surface area contributed by atoms with Crippen LogP contribution in [0.3, 0.4) is 0 Å². The molecule has 5 nitrogen and oxygen atoms in total. The Hall–Kier alpha value is -2.70.